The number of aromatic nitrogens is 1. The number of pyridine rings is 1. The van der Waals surface area contributed by atoms with Gasteiger partial charge in [-0.3, -0.25) is 4.79 Å². The number of alkyl carbamates (subject to hydrolysis) is 1. The van der Waals surface area contributed by atoms with Crippen LogP contribution in [0.1, 0.15) is 49.2 Å². The lowest BCUT2D eigenvalue weighted by atomic mass is 9.85. The second-order valence-corrected chi connectivity index (χ2v) is 8.03. The Morgan fingerprint density at radius 2 is 1.70 bits per heavy atom. The minimum Gasteiger partial charge on any atom is -0.444 e. The molecular weight excluding hydrogens is 428 g/mol. The zero-order valence-corrected chi connectivity index (χ0v) is 17.3. The number of benzene rings is 1. The SMILES string of the molecule is CC(C)(C)OC(=O)NC(C)(C(=O)c1ccc(C(F)(F)F)c(F)c1)c1ccc(Cl)nc1. The fraction of sp³-hybridized carbons (Fsp3) is 0.350. The number of nitrogens with one attached hydrogen (secondary N) is 1. The summed E-state index contributed by atoms with van der Waals surface area (Å²) in [5.74, 6) is -2.48. The van der Waals surface area contributed by atoms with E-state index in [1.54, 1.807) is 20.8 Å². The number of alkyl halides is 3. The van der Waals surface area contributed by atoms with Crippen LogP contribution in [-0.4, -0.2) is 22.5 Å². The average molecular weight is 447 g/mol. The quantitative estimate of drug-likeness (QED) is 0.381. The van der Waals surface area contributed by atoms with E-state index in [1.807, 2.05) is 0 Å². The van der Waals surface area contributed by atoms with Crippen molar-refractivity contribution in [2.24, 2.45) is 0 Å². The summed E-state index contributed by atoms with van der Waals surface area (Å²) in [4.78, 5) is 29.4. The molecule has 5 nitrogen and oxygen atoms in total. The molecule has 0 aliphatic heterocycles. The van der Waals surface area contributed by atoms with Gasteiger partial charge in [0, 0.05) is 17.3 Å². The maximum atomic E-state index is 14.0. The zero-order valence-electron chi connectivity index (χ0n) is 16.5. The highest BCUT2D eigenvalue weighted by atomic mass is 35.5. The number of ketones is 1. The molecule has 0 fully saturated rings. The first-order valence-electron chi connectivity index (χ1n) is 8.68. The minimum atomic E-state index is -4.91. The first kappa shape index (κ1) is 23.6. The Kier molecular flexibility index (Phi) is 6.46. The Morgan fingerprint density at radius 1 is 1.07 bits per heavy atom. The summed E-state index contributed by atoms with van der Waals surface area (Å²) in [6.45, 7) is 6.14. The molecule has 1 aromatic carbocycles. The highest BCUT2D eigenvalue weighted by molar-refractivity contribution is 6.29. The zero-order chi connectivity index (χ0) is 22.9. The lowest BCUT2D eigenvalue weighted by Gasteiger charge is -2.31. The van der Waals surface area contributed by atoms with Crippen molar-refractivity contribution < 1.29 is 31.9 Å². The van der Waals surface area contributed by atoms with Gasteiger partial charge in [0.05, 0.1) is 5.56 Å². The van der Waals surface area contributed by atoms with Gasteiger partial charge in [0.25, 0.3) is 0 Å². The first-order valence-corrected chi connectivity index (χ1v) is 9.06. The summed E-state index contributed by atoms with van der Waals surface area (Å²) in [5, 5.41) is 2.53. The Hall–Kier alpha value is -2.68. The topological polar surface area (TPSA) is 68.3 Å². The minimum absolute atomic E-state index is 0.117. The van der Waals surface area contributed by atoms with Gasteiger partial charge in [-0.2, -0.15) is 13.2 Å². The van der Waals surface area contributed by atoms with E-state index in [2.05, 4.69) is 10.3 Å². The van der Waals surface area contributed by atoms with Crippen LogP contribution in [0, 0.1) is 5.82 Å². The van der Waals surface area contributed by atoms with Crippen LogP contribution in [0.5, 0.6) is 0 Å². The third-order valence-electron chi connectivity index (χ3n) is 4.05. The van der Waals surface area contributed by atoms with Crippen molar-refractivity contribution in [1.82, 2.24) is 10.3 Å². The summed E-state index contributed by atoms with van der Waals surface area (Å²) in [5.41, 5.74) is -4.43. The number of rotatable bonds is 4. The Labute approximate surface area is 175 Å². The van der Waals surface area contributed by atoms with Crippen molar-refractivity contribution in [1.29, 1.82) is 0 Å². The molecule has 0 spiro atoms. The Balaban J connectivity index is 2.51. The van der Waals surface area contributed by atoms with Crippen LogP contribution in [0.3, 0.4) is 0 Å². The van der Waals surface area contributed by atoms with E-state index in [0.717, 1.165) is 6.07 Å². The van der Waals surface area contributed by atoms with E-state index in [-0.39, 0.29) is 16.3 Å². The molecule has 1 atom stereocenters. The van der Waals surface area contributed by atoms with Crippen molar-refractivity contribution in [3.63, 3.8) is 0 Å². The van der Waals surface area contributed by atoms with Crippen molar-refractivity contribution >= 4 is 23.5 Å². The van der Waals surface area contributed by atoms with Gasteiger partial charge in [0.2, 0.25) is 0 Å². The molecule has 1 N–H and O–H groups in total. The summed E-state index contributed by atoms with van der Waals surface area (Å²) in [6.07, 6.45) is -4.65. The van der Waals surface area contributed by atoms with Gasteiger partial charge in [-0.1, -0.05) is 23.7 Å². The van der Waals surface area contributed by atoms with E-state index in [4.69, 9.17) is 16.3 Å². The molecule has 10 heteroatoms. The lowest BCUT2D eigenvalue weighted by Crippen LogP contribution is -2.51. The number of carbonyl (C=O) groups excluding carboxylic acids is 2. The number of hydrogen-bond donors (Lipinski definition) is 1. The first-order chi connectivity index (χ1) is 13.6. The Morgan fingerprint density at radius 3 is 2.17 bits per heavy atom. The summed E-state index contributed by atoms with van der Waals surface area (Å²) >= 11 is 5.77. The van der Waals surface area contributed by atoms with Gasteiger partial charge < -0.3 is 10.1 Å². The summed E-state index contributed by atoms with van der Waals surface area (Å²) in [7, 11) is 0. The predicted molar refractivity (Wildman–Crippen MR) is 102 cm³/mol. The molecule has 30 heavy (non-hydrogen) atoms. The van der Waals surface area contributed by atoms with Gasteiger partial charge >= 0.3 is 12.3 Å². The summed E-state index contributed by atoms with van der Waals surface area (Å²) < 4.78 is 57.7. The number of halogens is 5. The lowest BCUT2D eigenvalue weighted by molar-refractivity contribution is -0.140. The fourth-order valence-corrected chi connectivity index (χ4v) is 2.73. The molecule has 0 aliphatic rings. The van der Waals surface area contributed by atoms with Crippen LogP contribution in [-0.2, 0) is 16.5 Å². The number of hydrogen-bond acceptors (Lipinski definition) is 4. The summed E-state index contributed by atoms with van der Waals surface area (Å²) in [6, 6.07) is 4.56. The molecule has 1 unspecified atom stereocenters. The number of ether oxygens (including phenoxy) is 1. The van der Waals surface area contributed by atoms with E-state index in [1.165, 1.54) is 25.3 Å². The van der Waals surface area contributed by atoms with E-state index >= 15 is 0 Å². The average Bonchev–Trinajstić information content (AvgIpc) is 2.58. The molecule has 1 aromatic heterocycles. The van der Waals surface area contributed by atoms with Gasteiger partial charge in [-0.25, -0.2) is 14.2 Å². The third-order valence-corrected chi connectivity index (χ3v) is 4.27. The van der Waals surface area contributed by atoms with Crippen molar-refractivity contribution in [2.75, 3.05) is 0 Å². The number of amides is 1. The molecule has 1 heterocycles. The monoisotopic (exact) mass is 446 g/mol. The standard InChI is InChI=1S/C20H19ClF4N2O3/c1-18(2,3)30-17(29)27-19(4,12-6-8-15(21)26-10-12)16(28)11-5-7-13(14(22)9-11)20(23,24)25/h5-10H,1-4H3,(H,27,29). The molecule has 0 aliphatic carbocycles. The van der Waals surface area contributed by atoms with Crippen LogP contribution >= 0.6 is 11.6 Å². The van der Waals surface area contributed by atoms with Gasteiger partial charge in [0.15, 0.2) is 5.78 Å². The second kappa shape index (κ2) is 8.22. The molecular formula is C20H19ClF4N2O3. The van der Waals surface area contributed by atoms with Crippen LogP contribution in [0.4, 0.5) is 22.4 Å². The molecule has 1 amide bonds. The van der Waals surface area contributed by atoms with Crippen molar-refractivity contribution in [3.8, 4) is 0 Å². The van der Waals surface area contributed by atoms with Gasteiger partial charge in [0.1, 0.15) is 22.1 Å². The fourth-order valence-electron chi connectivity index (χ4n) is 2.61. The smallest absolute Gasteiger partial charge is 0.419 e. The molecule has 2 rings (SSSR count). The predicted octanol–water partition coefficient (Wildman–Crippen LogP) is 5.52. The third kappa shape index (κ3) is 5.47. The molecule has 0 bridgehead atoms. The molecule has 0 saturated carbocycles. The largest absolute Gasteiger partial charge is 0.444 e. The van der Waals surface area contributed by atoms with Crippen LogP contribution < -0.4 is 5.32 Å². The number of carbonyl (C=O) groups is 2. The van der Waals surface area contributed by atoms with Crippen molar-refractivity contribution in [2.45, 2.75) is 45.0 Å². The van der Waals surface area contributed by atoms with E-state index < -0.39 is 40.6 Å². The molecule has 0 radical (unpaired) electrons. The molecule has 2 aromatic rings. The maximum absolute atomic E-state index is 14.0. The van der Waals surface area contributed by atoms with Crippen LogP contribution in [0.15, 0.2) is 36.5 Å². The Bertz CT molecular complexity index is 956. The van der Waals surface area contributed by atoms with E-state index in [9.17, 15) is 27.2 Å². The van der Waals surface area contributed by atoms with Crippen molar-refractivity contribution in [3.05, 3.63) is 64.2 Å². The second-order valence-electron chi connectivity index (χ2n) is 7.64. The van der Waals surface area contributed by atoms with Gasteiger partial charge in [-0.15, -0.1) is 0 Å². The van der Waals surface area contributed by atoms with E-state index in [0.29, 0.717) is 12.1 Å². The highest BCUT2D eigenvalue weighted by Gasteiger charge is 2.40. The van der Waals surface area contributed by atoms with Gasteiger partial charge in [-0.05, 0) is 45.9 Å². The normalized spacial score (nSPS) is 14.0. The maximum Gasteiger partial charge on any atom is 0.419 e. The van der Waals surface area contributed by atoms with Crippen LogP contribution in [0.2, 0.25) is 5.15 Å². The molecule has 0 saturated heterocycles. The highest BCUT2D eigenvalue weighted by Crippen LogP contribution is 2.33. The number of Topliss-reactive ketones (excluding diaryl/α,β-unsaturated/α-hetero) is 1. The number of nitrogens with zero attached hydrogens (tertiary/aromatic N) is 1. The molecule has 162 valence electrons. The van der Waals surface area contributed by atoms with Crippen LogP contribution in [0.25, 0.3) is 0 Å².